The summed E-state index contributed by atoms with van der Waals surface area (Å²) in [5, 5.41) is 0.873. The molecule has 0 saturated carbocycles. The van der Waals surface area contributed by atoms with Gasteiger partial charge in [0, 0.05) is 62.2 Å². The zero-order valence-corrected chi connectivity index (χ0v) is 20.8. The maximum Gasteiger partial charge on any atom is 0.227 e. The minimum absolute atomic E-state index is 0.0413. The molecule has 6 nitrogen and oxygen atoms in total. The predicted octanol–water partition coefficient (Wildman–Crippen LogP) is 4.64. The molecule has 1 aromatic heterocycles. The number of anilines is 2. The van der Waals surface area contributed by atoms with Crippen molar-refractivity contribution in [3.8, 4) is 0 Å². The minimum Gasteiger partial charge on any atom is -0.368 e. The first-order valence-corrected chi connectivity index (χ1v) is 13.0. The molecule has 1 amide bonds. The minimum atomic E-state index is -0.229. The molecule has 1 unspecified atom stereocenters. The van der Waals surface area contributed by atoms with Crippen LogP contribution in [0, 0.1) is 18.7 Å². The van der Waals surface area contributed by atoms with Gasteiger partial charge in [0.25, 0.3) is 0 Å². The second-order valence-corrected chi connectivity index (χ2v) is 10.2. The Morgan fingerprint density at radius 3 is 2.37 bits per heavy atom. The van der Waals surface area contributed by atoms with Crippen LogP contribution in [0.3, 0.4) is 0 Å². The number of piperazine rings is 1. The van der Waals surface area contributed by atoms with Crippen molar-refractivity contribution in [2.75, 3.05) is 49.1 Å². The van der Waals surface area contributed by atoms with E-state index >= 15 is 0 Å². The van der Waals surface area contributed by atoms with Crippen molar-refractivity contribution >= 4 is 29.2 Å². The SMILES string of the molecule is Cc1ccc(Sc2nccnc2N2CCCC(C(=O)N3CCN(c4ccc(F)cc4)CC3)C2)cc1. The maximum absolute atomic E-state index is 13.4. The molecule has 8 heteroatoms. The highest BCUT2D eigenvalue weighted by Gasteiger charge is 2.32. The molecule has 0 radical (unpaired) electrons. The van der Waals surface area contributed by atoms with Crippen molar-refractivity contribution in [1.82, 2.24) is 14.9 Å². The van der Waals surface area contributed by atoms with Crippen LogP contribution in [0.2, 0.25) is 0 Å². The summed E-state index contributed by atoms with van der Waals surface area (Å²) in [7, 11) is 0. The summed E-state index contributed by atoms with van der Waals surface area (Å²) in [5.41, 5.74) is 2.23. The van der Waals surface area contributed by atoms with Gasteiger partial charge in [-0.05, 0) is 56.2 Å². The summed E-state index contributed by atoms with van der Waals surface area (Å²) < 4.78 is 13.2. The number of carbonyl (C=O) groups excluding carboxylic acids is 1. The summed E-state index contributed by atoms with van der Waals surface area (Å²) in [4.78, 5) is 30.2. The van der Waals surface area contributed by atoms with Gasteiger partial charge in [-0.2, -0.15) is 0 Å². The van der Waals surface area contributed by atoms with E-state index in [1.54, 1.807) is 36.3 Å². The van der Waals surface area contributed by atoms with Gasteiger partial charge in [-0.25, -0.2) is 14.4 Å². The fourth-order valence-electron chi connectivity index (χ4n) is 4.79. The molecule has 2 fully saturated rings. The normalized spacial score (nSPS) is 18.6. The van der Waals surface area contributed by atoms with Crippen molar-refractivity contribution in [1.29, 1.82) is 0 Å². The standard InChI is InChI=1S/C27H30FN5OS/c1-20-4-10-24(11-5-20)35-26-25(29-12-13-30-26)33-14-2-3-21(19-33)27(34)32-17-15-31(16-18-32)23-8-6-22(28)7-9-23/h4-13,21H,2-3,14-19H2,1H3. The van der Waals surface area contributed by atoms with Gasteiger partial charge in [0.05, 0.1) is 5.92 Å². The smallest absolute Gasteiger partial charge is 0.227 e. The third-order valence-electron chi connectivity index (χ3n) is 6.74. The molecule has 0 N–H and O–H groups in total. The zero-order chi connectivity index (χ0) is 24.2. The number of hydrogen-bond acceptors (Lipinski definition) is 6. The van der Waals surface area contributed by atoms with Crippen LogP contribution >= 0.6 is 11.8 Å². The summed E-state index contributed by atoms with van der Waals surface area (Å²) in [6.45, 7) is 6.51. The molecule has 0 aliphatic carbocycles. The van der Waals surface area contributed by atoms with Crippen molar-refractivity contribution in [3.63, 3.8) is 0 Å². The quantitative estimate of drug-likeness (QED) is 0.518. The molecule has 2 aliphatic heterocycles. The lowest BCUT2D eigenvalue weighted by molar-refractivity contribution is -0.136. The number of hydrogen-bond donors (Lipinski definition) is 0. The predicted molar refractivity (Wildman–Crippen MR) is 137 cm³/mol. The number of carbonyl (C=O) groups is 1. The molecular weight excluding hydrogens is 461 g/mol. The number of piperidine rings is 1. The fraction of sp³-hybridized carbons (Fsp3) is 0.370. The highest BCUT2D eigenvalue weighted by atomic mass is 32.2. The first kappa shape index (κ1) is 23.6. The van der Waals surface area contributed by atoms with E-state index in [0.29, 0.717) is 19.6 Å². The summed E-state index contributed by atoms with van der Waals surface area (Å²) in [6.07, 6.45) is 5.31. The maximum atomic E-state index is 13.4. The molecule has 2 aliphatic rings. The third-order valence-corrected chi connectivity index (χ3v) is 7.72. The van der Waals surface area contributed by atoms with Crippen molar-refractivity contribution < 1.29 is 9.18 Å². The van der Waals surface area contributed by atoms with E-state index in [4.69, 9.17) is 0 Å². The summed E-state index contributed by atoms with van der Waals surface area (Å²) in [6, 6.07) is 15.0. The van der Waals surface area contributed by atoms with Crippen LogP contribution in [-0.4, -0.2) is 60.0 Å². The van der Waals surface area contributed by atoms with E-state index in [1.165, 1.54) is 17.7 Å². The second kappa shape index (κ2) is 10.6. The Kier molecular flexibility index (Phi) is 7.18. The highest BCUT2D eigenvalue weighted by Crippen LogP contribution is 2.34. The molecule has 3 heterocycles. The van der Waals surface area contributed by atoms with Gasteiger partial charge in [0.15, 0.2) is 5.82 Å². The van der Waals surface area contributed by atoms with Crippen molar-refractivity contribution in [3.05, 3.63) is 72.3 Å². The molecule has 182 valence electrons. The third kappa shape index (κ3) is 5.59. The molecule has 2 aromatic carbocycles. The average molecular weight is 492 g/mol. The van der Waals surface area contributed by atoms with Crippen LogP contribution in [0.1, 0.15) is 18.4 Å². The largest absolute Gasteiger partial charge is 0.368 e. The lowest BCUT2D eigenvalue weighted by Gasteiger charge is -2.40. The van der Waals surface area contributed by atoms with Gasteiger partial charge in [0.1, 0.15) is 10.8 Å². The number of benzene rings is 2. The number of rotatable bonds is 5. The fourth-order valence-corrected chi connectivity index (χ4v) is 5.67. The van der Waals surface area contributed by atoms with Gasteiger partial charge in [-0.15, -0.1) is 0 Å². The van der Waals surface area contributed by atoms with E-state index in [0.717, 1.165) is 53.9 Å². The second-order valence-electron chi connectivity index (χ2n) is 9.17. The summed E-state index contributed by atoms with van der Waals surface area (Å²) >= 11 is 1.61. The van der Waals surface area contributed by atoms with E-state index in [1.807, 2.05) is 4.90 Å². The molecule has 0 spiro atoms. The average Bonchev–Trinajstić information content (AvgIpc) is 2.90. The topological polar surface area (TPSA) is 52.6 Å². The molecule has 2 saturated heterocycles. The molecular formula is C27H30FN5OS. The van der Waals surface area contributed by atoms with E-state index in [9.17, 15) is 9.18 Å². The van der Waals surface area contributed by atoms with Crippen LogP contribution in [0.5, 0.6) is 0 Å². The van der Waals surface area contributed by atoms with Crippen molar-refractivity contribution in [2.24, 2.45) is 5.92 Å². The Morgan fingerprint density at radius 1 is 0.914 bits per heavy atom. The number of nitrogens with zero attached hydrogens (tertiary/aromatic N) is 5. The number of amides is 1. The Balaban J connectivity index is 1.22. The Bertz CT molecular complexity index is 1150. The first-order valence-electron chi connectivity index (χ1n) is 12.2. The lowest BCUT2D eigenvalue weighted by Crippen LogP contribution is -2.52. The van der Waals surface area contributed by atoms with Gasteiger partial charge in [-0.1, -0.05) is 29.5 Å². The van der Waals surface area contributed by atoms with Crippen LogP contribution in [0.4, 0.5) is 15.9 Å². The number of aryl methyl sites for hydroxylation is 1. The molecule has 5 rings (SSSR count). The van der Waals surface area contributed by atoms with Crippen LogP contribution < -0.4 is 9.80 Å². The van der Waals surface area contributed by atoms with E-state index in [-0.39, 0.29) is 17.6 Å². The first-order chi connectivity index (χ1) is 17.1. The van der Waals surface area contributed by atoms with Crippen LogP contribution in [0.15, 0.2) is 70.8 Å². The number of halogens is 1. The highest BCUT2D eigenvalue weighted by molar-refractivity contribution is 7.99. The number of aromatic nitrogens is 2. The summed E-state index contributed by atoms with van der Waals surface area (Å²) in [5.74, 6) is 0.815. The molecule has 0 bridgehead atoms. The molecule has 35 heavy (non-hydrogen) atoms. The van der Waals surface area contributed by atoms with Crippen LogP contribution in [0.25, 0.3) is 0 Å². The molecule has 1 atom stereocenters. The Hall–Kier alpha value is -3.13. The zero-order valence-electron chi connectivity index (χ0n) is 19.9. The van der Waals surface area contributed by atoms with E-state index in [2.05, 4.69) is 51.0 Å². The Morgan fingerprint density at radius 2 is 1.63 bits per heavy atom. The Labute approximate surface area is 210 Å². The molecule has 3 aromatic rings. The lowest BCUT2D eigenvalue weighted by atomic mass is 9.96. The van der Waals surface area contributed by atoms with Crippen LogP contribution in [-0.2, 0) is 4.79 Å². The monoisotopic (exact) mass is 491 g/mol. The van der Waals surface area contributed by atoms with Gasteiger partial charge in [-0.3, -0.25) is 4.79 Å². The van der Waals surface area contributed by atoms with Crippen molar-refractivity contribution in [2.45, 2.75) is 29.7 Å². The van der Waals surface area contributed by atoms with Gasteiger partial charge in [0.2, 0.25) is 5.91 Å². The van der Waals surface area contributed by atoms with Gasteiger partial charge < -0.3 is 14.7 Å². The van der Waals surface area contributed by atoms with E-state index < -0.39 is 0 Å². The van der Waals surface area contributed by atoms with Gasteiger partial charge >= 0.3 is 0 Å².